The number of hydrogen-bond donors (Lipinski definition) is 0. The van der Waals surface area contributed by atoms with Gasteiger partial charge in [-0.1, -0.05) is 48.5 Å². The molecule has 0 radical (unpaired) electrons. The minimum atomic E-state index is 0.368. The van der Waals surface area contributed by atoms with E-state index in [-0.39, 0.29) is 0 Å². The second-order valence-corrected chi connectivity index (χ2v) is 5.30. The standard InChI is InChI=1S/C18H14O/c19-14-7-10-16-13(11-14)6-9-17-15-4-2-1-3-12(15)5-8-18(16)17/h1-6,8-9H,7,10-11H2. The Morgan fingerprint density at radius 1 is 0.737 bits per heavy atom. The van der Waals surface area contributed by atoms with E-state index in [0.29, 0.717) is 18.6 Å². The van der Waals surface area contributed by atoms with Crippen molar-refractivity contribution >= 4 is 27.3 Å². The number of benzene rings is 3. The van der Waals surface area contributed by atoms with Gasteiger partial charge in [-0.15, -0.1) is 0 Å². The third-order valence-electron chi connectivity index (χ3n) is 4.18. The number of fused-ring (bicyclic) bond motifs is 5. The van der Waals surface area contributed by atoms with Gasteiger partial charge in [0.05, 0.1) is 0 Å². The molecule has 0 atom stereocenters. The number of aryl methyl sites for hydroxylation is 1. The van der Waals surface area contributed by atoms with Crippen LogP contribution in [-0.4, -0.2) is 5.78 Å². The van der Waals surface area contributed by atoms with Crippen LogP contribution in [0, 0.1) is 0 Å². The highest BCUT2D eigenvalue weighted by Crippen LogP contribution is 2.32. The summed E-state index contributed by atoms with van der Waals surface area (Å²) in [6.07, 6.45) is 2.20. The van der Waals surface area contributed by atoms with Gasteiger partial charge in [0.1, 0.15) is 5.78 Å². The molecule has 0 saturated carbocycles. The zero-order valence-corrected chi connectivity index (χ0v) is 10.6. The summed E-state index contributed by atoms with van der Waals surface area (Å²) >= 11 is 0. The van der Waals surface area contributed by atoms with Crippen LogP contribution in [0.5, 0.6) is 0 Å². The van der Waals surface area contributed by atoms with Crippen molar-refractivity contribution in [3.8, 4) is 0 Å². The van der Waals surface area contributed by atoms with Gasteiger partial charge in [0.15, 0.2) is 0 Å². The fourth-order valence-corrected chi connectivity index (χ4v) is 3.22. The van der Waals surface area contributed by atoms with Crippen LogP contribution in [0.2, 0.25) is 0 Å². The molecule has 1 heteroatoms. The molecule has 0 amide bonds. The Bertz CT molecular complexity index is 814. The zero-order chi connectivity index (χ0) is 12.8. The summed E-state index contributed by atoms with van der Waals surface area (Å²) in [5, 5.41) is 5.22. The quantitative estimate of drug-likeness (QED) is 0.547. The van der Waals surface area contributed by atoms with Crippen LogP contribution in [0.4, 0.5) is 0 Å². The molecular formula is C18H14O. The van der Waals surface area contributed by atoms with E-state index in [0.717, 1.165) is 6.42 Å². The molecule has 0 spiro atoms. The van der Waals surface area contributed by atoms with Crippen LogP contribution < -0.4 is 0 Å². The third kappa shape index (κ3) is 1.58. The van der Waals surface area contributed by atoms with Crippen molar-refractivity contribution in [2.75, 3.05) is 0 Å². The number of hydrogen-bond acceptors (Lipinski definition) is 1. The van der Waals surface area contributed by atoms with Crippen LogP contribution in [0.3, 0.4) is 0 Å². The second kappa shape index (κ2) is 3.92. The summed E-state index contributed by atoms with van der Waals surface area (Å²) in [7, 11) is 0. The minimum Gasteiger partial charge on any atom is -0.299 e. The Kier molecular flexibility index (Phi) is 2.22. The van der Waals surface area contributed by atoms with Gasteiger partial charge in [-0.05, 0) is 39.1 Å². The monoisotopic (exact) mass is 246 g/mol. The van der Waals surface area contributed by atoms with Crippen molar-refractivity contribution in [1.29, 1.82) is 0 Å². The van der Waals surface area contributed by atoms with E-state index < -0.39 is 0 Å². The van der Waals surface area contributed by atoms with Crippen LogP contribution in [0.25, 0.3) is 21.5 Å². The van der Waals surface area contributed by atoms with E-state index in [1.165, 1.54) is 32.7 Å². The molecule has 0 saturated heterocycles. The van der Waals surface area contributed by atoms with Gasteiger partial charge in [-0.2, -0.15) is 0 Å². The zero-order valence-electron chi connectivity index (χ0n) is 10.6. The molecule has 3 aromatic carbocycles. The van der Waals surface area contributed by atoms with Gasteiger partial charge in [-0.3, -0.25) is 4.79 Å². The fourth-order valence-electron chi connectivity index (χ4n) is 3.22. The topological polar surface area (TPSA) is 17.1 Å². The highest BCUT2D eigenvalue weighted by atomic mass is 16.1. The van der Waals surface area contributed by atoms with Crippen molar-refractivity contribution in [2.45, 2.75) is 19.3 Å². The van der Waals surface area contributed by atoms with E-state index in [2.05, 4.69) is 48.5 Å². The van der Waals surface area contributed by atoms with Crippen molar-refractivity contribution in [3.63, 3.8) is 0 Å². The molecule has 1 aliphatic carbocycles. The third-order valence-corrected chi connectivity index (χ3v) is 4.18. The summed E-state index contributed by atoms with van der Waals surface area (Å²) in [6, 6.07) is 17.2. The Hall–Kier alpha value is -2.15. The lowest BCUT2D eigenvalue weighted by Gasteiger charge is -2.18. The molecule has 19 heavy (non-hydrogen) atoms. The summed E-state index contributed by atoms with van der Waals surface area (Å²) in [5.74, 6) is 0.368. The number of ketones is 1. The Balaban J connectivity index is 2.10. The second-order valence-electron chi connectivity index (χ2n) is 5.30. The van der Waals surface area contributed by atoms with Crippen LogP contribution >= 0.6 is 0 Å². The van der Waals surface area contributed by atoms with E-state index in [9.17, 15) is 4.79 Å². The molecule has 0 bridgehead atoms. The maximum Gasteiger partial charge on any atom is 0.137 e. The van der Waals surface area contributed by atoms with Crippen molar-refractivity contribution < 1.29 is 4.79 Å². The lowest BCUT2D eigenvalue weighted by molar-refractivity contribution is -0.118. The molecule has 1 nitrogen and oxygen atoms in total. The van der Waals surface area contributed by atoms with Crippen molar-refractivity contribution in [2.24, 2.45) is 0 Å². The van der Waals surface area contributed by atoms with Crippen molar-refractivity contribution in [1.82, 2.24) is 0 Å². The Morgan fingerprint density at radius 3 is 2.53 bits per heavy atom. The average Bonchev–Trinajstić information content (AvgIpc) is 2.46. The van der Waals surface area contributed by atoms with Crippen LogP contribution in [0.1, 0.15) is 17.5 Å². The highest BCUT2D eigenvalue weighted by molar-refractivity contribution is 6.09. The lowest BCUT2D eigenvalue weighted by atomic mass is 9.86. The largest absolute Gasteiger partial charge is 0.299 e. The van der Waals surface area contributed by atoms with Gasteiger partial charge in [0, 0.05) is 12.8 Å². The average molecular weight is 246 g/mol. The number of carbonyl (C=O) groups excluding carboxylic acids is 1. The summed E-state index contributed by atoms with van der Waals surface area (Å²) in [5.41, 5.74) is 2.60. The first-order valence-electron chi connectivity index (χ1n) is 6.77. The van der Waals surface area contributed by atoms with Gasteiger partial charge in [-0.25, -0.2) is 0 Å². The van der Waals surface area contributed by atoms with Gasteiger partial charge in [0.2, 0.25) is 0 Å². The smallest absolute Gasteiger partial charge is 0.137 e. The molecule has 92 valence electrons. The minimum absolute atomic E-state index is 0.368. The first-order chi connectivity index (χ1) is 9.33. The maximum absolute atomic E-state index is 11.6. The number of Topliss-reactive ketones (excluding diaryl/α,β-unsaturated/α-hetero) is 1. The van der Waals surface area contributed by atoms with E-state index in [1.54, 1.807) is 0 Å². The predicted molar refractivity (Wildman–Crippen MR) is 78.5 cm³/mol. The Labute approximate surface area is 111 Å². The van der Waals surface area contributed by atoms with E-state index >= 15 is 0 Å². The van der Waals surface area contributed by atoms with Gasteiger partial charge < -0.3 is 0 Å². The number of carbonyl (C=O) groups is 1. The Morgan fingerprint density at radius 2 is 1.58 bits per heavy atom. The molecule has 0 fully saturated rings. The molecule has 0 N–H and O–H groups in total. The molecular weight excluding hydrogens is 232 g/mol. The molecule has 0 aromatic heterocycles. The van der Waals surface area contributed by atoms with Crippen LogP contribution in [-0.2, 0) is 17.6 Å². The predicted octanol–water partition coefficient (Wildman–Crippen LogP) is 4.05. The molecule has 0 unspecified atom stereocenters. The van der Waals surface area contributed by atoms with Crippen molar-refractivity contribution in [3.05, 3.63) is 59.7 Å². The molecule has 3 aromatic rings. The van der Waals surface area contributed by atoms with E-state index in [4.69, 9.17) is 0 Å². The maximum atomic E-state index is 11.6. The SMILES string of the molecule is O=C1CCc2c(ccc3c2ccc2ccccc23)C1. The summed E-state index contributed by atoms with van der Waals surface area (Å²) in [4.78, 5) is 11.6. The van der Waals surface area contributed by atoms with Crippen LogP contribution in [0.15, 0.2) is 48.5 Å². The molecule has 4 rings (SSSR count). The molecule has 0 heterocycles. The first-order valence-corrected chi connectivity index (χ1v) is 6.77. The fraction of sp³-hybridized carbons (Fsp3) is 0.167. The normalized spacial score (nSPS) is 14.8. The summed E-state index contributed by atoms with van der Waals surface area (Å²) in [6.45, 7) is 0. The molecule has 0 aliphatic heterocycles. The van der Waals surface area contributed by atoms with E-state index in [1.807, 2.05) is 0 Å². The number of rotatable bonds is 0. The summed E-state index contributed by atoms with van der Waals surface area (Å²) < 4.78 is 0. The molecule has 1 aliphatic rings. The first kappa shape index (κ1) is 10.7. The lowest BCUT2D eigenvalue weighted by Crippen LogP contribution is -2.13. The van der Waals surface area contributed by atoms with Gasteiger partial charge >= 0.3 is 0 Å². The highest BCUT2D eigenvalue weighted by Gasteiger charge is 2.17. The van der Waals surface area contributed by atoms with Gasteiger partial charge in [0.25, 0.3) is 0 Å².